The fraction of sp³-hybridized carbons (Fsp3) is 0.500. The van der Waals surface area contributed by atoms with Crippen LogP contribution in [0, 0.1) is 0 Å². The van der Waals surface area contributed by atoms with E-state index in [1.165, 1.54) is 6.20 Å². The Morgan fingerprint density at radius 3 is 2.47 bits per heavy atom. The van der Waals surface area contributed by atoms with Gasteiger partial charge in [0.05, 0.1) is 23.3 Å². The van der Waals surface area contributed by atoms with E-state index in [-0.39, 0.29) is 17.6 Å². The zero-order valence-corrected chi connectivity index (χ0v) is 16.9. The summed E-state index contributed by atoms with van der Waals surface area (Å²) in [7, 11) is 0. The van der Waals surface area contributed by atoms with Crippen LogP contribution in [0.25, 0.3) is 0 Å². The smallest absolute Gasteiger partial charge is 0.254 e. The summed E-state index contributed by atoms with van der Waals surface area (Å²) < 4.78 is 0. The van der Waals surface area contributed by atoms with Gasteiger partial charge in [0.1, 0.15) is 5.82 Å². The van der Waals surface area contributed by atoms with Crippen LogP contribution in [-0.4, -0.2) is 44.3 Å². The molecule has 0 aliphatic heterocycles. The Kier molecular flexibility index (Phi) is 5.87. The molecule has 8 heteroatoms. The van der Waals surface area contributed by atoms with E-state index in [0.29, 0.717) is 24.6 Å². The number of rotatable bonds is 6. The zero-order chi connectivity index (χ0) is 21.1. The number of nitrogens with zero attached hydrogens (tertiary/aromatic N) is 2. The van der Waals surface area contributed by atoms with Crippen LogP contribution in [0.2, 0.25) is 0 Å². The molecule has 0 unspecified atom stereocenters. The van der Waals surface area contributed by atoms with Gasteiger partial charge < -0.3 is 26.6 Å². The monoisotopic (exact) mass is 411 g/mol. The third-order valence-electron chi connectivity index (χ3n) is 6.31. The van der Waals surface area contributed by atoms with Crippen LogP contribution in [0.4, 0.5) is 11.8 Å². The number of aliphatic hydroxyl groups excluding tert-OH is 1. The fourth-order valence-electron chi connectivity index (χ4n) is 4.49. The SMILES string of the molecule is NC(=O)c1cnc(NC2CCC(O)(c3ccccc3)CC2)nc1N[C@H]1CCC[C@@H]1O. The maximum Gasteiger partial charge on any atom is 0.254 e. The minimum Gasteiger partial charge on any atom is -0.391 e. The number of anilines is 2. The van der Waals surface area contributed by atoms with Gasteiger partial charge in [0.2, 0.25) is 5.95 Å². The van der Waals surface area contributed by atoms with Gasteiger partial charge in [-0.05, 0) is 50.5 Å². The van der Waals surface area contributed by atoms with Gasteiger partial charge in [-0.1, -0.05) is 30.3 Å². The summed E-state index contributed by atoms with van der Waals surface area (Å²) in [6.45, 7) is 0. The van der Waals surface area contributed by atoms with Gasteiger partial charge >= 0.3 is 0 Å². The number of hydrogen-bond acceptors (Lipinski definition) is 7. The highest BCUT2D eigenvalue weighted by atomic mass is 16.3. The standard InChI is InChI=1S/C22H29N5O3/c23-19(29)16-13-24-21(27-20(16)26-17-7-4-8-18(17)28)25-15-9-11-22(30,12-10-15)14-5-2-1-3-6-14/h1-3,5-6,13,15,17-18,28,30H,4,7-12H2,(H2,23,29)(H2,24,25,26,27)/t15?,17-,18-,22?/m0/s1. The molecule has 2 atom stereocenters. The van der Waals surface area contributed by atoms with Crippen molar-refractivity contribution in [2.75, 3.05) is 10.6 Å². The number of carbonyl (C=O) groups excluding carboxylic acids is 1. The zero-order valence-electron chi connectivity index (χ0n) is 16.9. The molecule has 0 spiro atoms. The van der Waals surface area contributed by atoms with Crippen LogP contribution in [-0.2, 0) is 5.60 Å². The van der Waals surface area contributed by atoms with E-state index in [9.17, 15) is 15.0 Å². The average molecular weight is 412 g/mol. The van der Waals surface area contributed by atoms with Crippen LogP contribution >= 0.6 is 0 Å². The van der Waals surface area contributed by atoms with Crippen molar-refractivity contribution < 1.29 is 15.0 Å². The summed E-state index contributed by atoms with van der Waals surface area (Å²) in [5.41, 5.74) is 5.83. The number of carbonyl (C=O) groups is 1. The molecule has 2 aromatic rings. The lowest BCUT2D eigenvalue weighted by molar-refractivity contribution is -0.00337. The minimum absolute atomic E-state index is 0.123. The molecule has 160 valence electrons. The summed E-state index contributed by atoms with van der Waals surface area (Å²) in [6.07, 6.45) is 6.26. The van der Waals surface area contributed by atoms with Crippen LogP contribution in [0.3, 0.4) is 0 Å². The van der Waals surface area contributed by atoms with Crippen molar-refractivity contribution in [3.63, 3.8) is 0 Å². The summed E-state index contributed by atoms with van der Waals surface area (Å²) in [6, 6.07) is 9.75. The summed E-state index contributed by atoms with van der Waals surface area (Å²) in [5.74, 6) is 0.148. The van der Waals surface area contributed by atoms with E-state index in [1.807, 2.05) is 30.3 Å². The first-order chi connectivity index (χ1) is 14.4. The van der Waals surface area contributed by atoms with E-state index in [4.69, 9.17) is 5.73 Å². The third-order valence-corrected chi connectivity index (χ3v) is 6.31. The molecule has 6 N–H and O–H groups in total. The quantitative estimate of drug-likeness (QED) is 0.492. The lowest BCUT2D eigenvalue weighted by Crippen LogP contribution is -2.36. The van der Waals surface area contributed by atoms with E-state index in [1.54, 1.807) is 0 Å². The Morgan fingerprint density at radius 2 is 1.83 bits per heavy atom. The van der Waals surface area contributed by atoms with Crippen LogP contribution in [0.1, 0.15) is 60.9 Å². The van der Waals surface area contributed by atoms with Crippen molar-refractivity contribution >= 4 is 17.7 Å². The first-order valence-electron chi connectivity index (χ1n) is 10.6. The molecule has 30 heavy (non-hydrogen) atoms. The number of nitrogens with one attached hydrogen (secondary N) is 2. The molecule has 0 bridgehead atoms. The van der Waals surface area contributed by atoms with Crippen molar-refractivity contribution in [3.05, 3.63) is 47.7 Å². The molecular formula is C22H29N5O3. The van der Waals surface area contributed by atoms with Crippen LogP contribution < -0.4 is 16.4 Å². The van der Waals surface area contributed by atoms with Gasteiger partial charge in [0.15, 0.2) is 0 Å². The number of amides is 1. The van der Waals surface area contributed by atoms with E-state index in [2.05, 4.69) is 20.6 Å². The second-order valence-corrected chi connectivity index (χ2v) is 8.39. The summed E-state index contributed by atoms with van der Waals surface area (Å²) >= 11 is 0. The van der Waals surface area contributed by atoms with E-state index in [0.717, 1.165) is 37.7 Å². The molecule has 1 aromatic carbocycles. The number of nitrogens with two attached hydrogens (primary N) is 1. The summed E-state index contributed by atoms with van der Waals surface area (Å²) in [4.78, 5) is 20.5. The number of aliphatic hydroxyl groups is 2. The molecule has 2 aliphatic carbocycles. The van der Waals surface area contributed by atoms with Crippen molar-refractivity contribution in [1.82, 2.24) is 9.97 Å². The maximum atomic E-state index is 11.8. The van der Waals surface area contributed by atoms with Crippen LogP contribution in [0.5, 0.6) is 0 Å². The molecule has 0 saturated heterocycles. The van der Waals surface area contributed by atoms with Gasteiger partial charge in [0, 0.05) is 12.2 Å². The number of aromatic nitrogens is 2. The molecule has 1 amide bonds. The number of primary amides is 1. The molecule has 2 saturated carbocycles. The fourth-order valence-corrected chi connectivity index (χ4v) is 4.49. The van der Waals surface area contributed by atoms with Crippen molar-refractivity contribution in [1.29, 1.82) is 0 Å². The second-order valence-electron chi connectivity index (χ2n) is 8.39. The first-order valence-corrected chi connectivity index (χ1v) is 10.6. The molecule has 8 nitrogen and oxygen atoms in total. The van der Waals surface area contributed by atoms with Gasteiger partial charge in [-0.3, -0.25) is 4.79 Å². The van der Waals surface area contributed by atoms with Crippen molar-refractivity contribution in [2.45, 2.75) is 68.7 Å². The van der Waals surface area contributed by atoms with Crippen molar-refractivity contribution in [2.24, 2.45) is 5.73 Å². The second kappa shape index (κ2) is 8.57. The Balaban J connectivity index is 1.43. The molecule has 0 radical (unpaired) electrons. The lowest BCUT2D eigenvalue weighted by Gasteiger charge is -2.36. The van der Waals surface area contributed by atoms with Crippen molar-refractivity contribution in [3.8, 4) is 0 Å². The van der Waals surface area contributed by atoms with Gasteiger partial charge in [-0.25, -0.2) is 4.98 Å². The highest BCUT2D eigenvalue weighted by Crippen LogP contribution is 2.37. The molecule has 4 rings (SSSR count). The van der Waals surface area contributed by atoms with Crippen LogP contribution in [0.15, 0.2) is 36.5 Å². The summed E-state index contributed by atoms with van der Waals surface area (Å²) in [5, 5.41) is 27.6. The predicted molar refractivity (Wildman–Crippen MR) is 114 cm³/mol. The van der Waals surface area contributed by atoms with Gasteiger partial charge in [-0.2, -0.15) is 4.98 Å². The topological polar surface area (TPSA) is 133 Å². The largest absolute Gasteiger partial charge is 0.391 e. The minimum atomic E-state index is -0.804. The third kappa shape index (κ3) is 4.39. The normalized spacial score (nSPS) is 28.8. The Morgan fingerprint density at radius 1 is 1.10 bits per heavy atom. The molecule has 2 aliphatic rings. The lowest BCUT2D eigenvalue weighted by atomic mass is 9.78. The Labute approximate surface area is 175 Å². The molecule has 1 aromatic heterocycles. The van der Waals surface area contributed by atoms with E-state index < -0.39 is 17.6 Å². The predicted octanol–water partition coefficient (Wildman–Crippen LogP) is 2.14. The highest BCUT2D eigenvalue weighted by Gasteiger charge is 2.35. The maximum absolute atomic E-state index is 11.8. The highest BCUT2D eigenvalue weighted by molar-refractivity contribution is 5.97. The van der Waals surface area contributed by atoms with E-state index >= 15 is 0 Å². The number of benzene rings is 1. The molecular weight excluding hydrogens is 382 g/mol. The van der Waals surface area contributed by atoms with Gasteiger partial charge in [-0.15, -0.1) is 0 Å². The van der Waals surface area contributed by atoms with Gasteiger partial charge in [0.25, 0.3) is 5.91 Å². The molecule has 2 fully saturated rings. The molecule has 1 heterocycles. The number of hydrogen-bond donors (Lipinski definition) is 5. The Hall–Kier alpha value is -2.71. The average Bonchev–Trinajstić information content (AvgIpc) is 3.15. The first kappa shape index (κ1) is 20.6. The Bertz CT molecular complexity index is 884.